The molecule has 0 amide bonds. The van der Waals surface area contributed by atoms with E-state index in [1.54, 1.807) is 0 Å². The molecule has 308 valence electrons. The molecule has 4 heteroatoms. The highest BCUT2D eigenvalue weighted by molar-refractivity contribution is 6.29. The van der Waals surface area contributed by atoms with Gasteiger partial charge in [0.1, 0.15) is 5.82 Å². The highest BCUT2D eigenvalue weighted by atomic mass is 15.1. The van der Waals surface area contributed by atoms with Crippen molar-refractivity contribution in [2.75, 3.05) is 0 Å². The highest BCUT2D eigenvalue weighted by Gasteiger charge is 2.26. The standard InChI is InChI=1S/C63H36N4/c1-2-16-37(17-3-1)63-64-52-30-6-9-33-55(52)67(63)60-46-26-10-20-38(42-22-14-34-56-58(42)48-28-12-24-44-40-18-4-7-31-53(40)65(56)61(44)48)50(46)36-51-39(21-11-27-47(51)60)43-23-15-35-57-59(43)49-29-13-25-45-41-19-5-8-32-54(41)66(57)62(45)49/h1-36H. The van der Waals surface area contributed by atoms with Crippen LogP contribution in [0.3, 0.4) is 0 Å². The van der Waals surface area contributed by atoms with Gasteiger partial charge in [-0.1, -0.05) is 176 Å². The van der Waals surface area contributed by atoms with Gasteiger partial charge in [0.25, 0.3) is 0 Å². The van der Waals surface area contributed by atoms with Crippen molar-refractivity contribution in [1.29, 1.82) is 0 Å². The summed E-state index contributed by atoms with van der Waals surface area (Å²) in [6.07, 6.45) is 0. The molecule has 16 rings (SSSR count). The molecule has 0 aliphatic heterocycles. The predicted molar refractivity (Wildman–Crippen MR) is 282 cm³/mol. The van der Waals surface area contributed by atoms with Crippen LogP contribution >= 0.6 is 0 Å². The Bertz CT molecular complexity index is 4500. The predicted octanol–water partition coefficient (Wildman–Crippen LogP) is 16.6. The molecular formula is C63H36N4. The summed E-state index contributed by atoms with van der Waals surface area (Å²) in [4.78, 5) is 5.41. The Hall–Kier alpha value is -8.99. The van der Waals surface area contributed by atoms with Crippen molar-refractivity contribution in [3.05, 3.63) is 218 Å². The number of nitrogens with zero attached hydrogens (tertiary/aromatic N) is 4. The molecule has 5 aromatic heterocycles. The highest BCUT2D eigenvalue weighted by Crippen LogP contribution is 2.49. The molecule has 0 fully saturated rings. The lowest BCUT2D eigenvalue weighted by Crippen LogP contribution is -2.01. The number of fused-ring (bicyclic) bond motifs is 15. The van der Waals surface area contributed by atoms with E-state index < -0.39 is 0 Å². The minimum atomic E-state index is 0.920. The lowest BCUT2D eigenvalue weighted by Gasteiger charge is -2.20. The van der Waals surface area contributed by atoms with Crippen molar-refractivity contribution in [3.8, 4) is 39.3 Å². The van der Waals surface area contributed by atoms with Crippen LogP contribution in [-0.2, 0) is 0 Å². The van der Waals surface area contributed by atoms with E-state index in [9.17, 15) is 0 Å². The summed E-state index contributed by atoms with van der Waals surface area (Å²) in [5, 5.41) is 15.0. The van der Waals surface area contributed by atoms with Crippen LogP contribution in [0.5, 0.6) is 0 Å². The van der Waals surface area contributed by atoms with E-state index in [1.807, 2.05) is 0 Å². The zero-order valence-electron chi connectivity index (χ0n) is 36.1. The number of hydrogen-bond acceptors (Lipinski definition) is 1. The van der Waals surface area contributed by atoms with Gasteiger partial charge in [-0.05, 0) is 75.5 Å². The first-order valence-corrected chi connectivity index (χ1v) is 23.1. The Kier molecular flexibility index (Phi) is 6.78. The van der Waals surface area contributed by atoms with Gasteiger partial charge in [-0.3, -0.25) is 4.57 Å². The summed E-state index contributed by atoms with van der Waals surface area (Å²) < 4.78 is 7.41. The van der Waals surface area contributed by atoms with Crippen LogP contribution in [0.2, 0.25) is 0 Å². The first-order chi connectivity index (χ1) is 33.3. The Morgan fingerprint density at radius 2 is 0.701 bits per heavy atom. The van der Waals surface area contributed by atoms with Crippen LogP contribution in [-0.4, -0.2) is 18.4 Å². The molecule has 0 radical (unpaired) electrons. The Morgan fingerprint density at radius 1 is 0.284 bits per heavy atom. The lowest BCUT2D eigenvalue weighted by molar-refractivity contribution is 1.13. The average Bonchev–Trinajstić information content (AvgIpc) is 4.20. The van der Waals surface area contributed by atoms with Gasteiger partial charge in [-0.2, -0.15) is 0 Å². The van der Waals surface area contributed by atoms with Gasteiger partial charge in [-0.25, -0.2) is 4.98 Å². The van der Waals surface area contributed by atoms with E-state index in [2.05, 4.69) is 232 Å². The SMILES string of the molecule is c1ccc(-c2nc3ccccc3n2-c2c3cccc(-c4cccc5c4c4cccc6c7ccccc7n5c64)c3cc3c(-c4cccc5c4c4cccc6c7ccccc7n5c64)cccc23)cc1. The van der Waals surface area contributed by atoms with Crippen molar-refractivity contribution >= 4 is 109 Å². The van der Waals surface area contributed by atoms with Gasteiger partial charge >= 0.3 is 0 Å². The third kappa shape index (κ3) is 4.49. The zero-order valence-corrected chi connectivity index (χ0v) is 36.1. The van der Waals surface area contributed by atoms with Crippen molar-refractivity contribution < 1.29 is 0 Å². The van der Waals surface area contributed by atoms with Crippen molar-refractivity contribution in [1.82, 2.24) is 18.4 Å². The summed E-state index contributed by atoms with van der Waals surface area (Å²) in [5.41, 5.74) is 16.6. The van der Waals surface area contributed by atoms with Crippen molar-refractivity contribution in [2.45, 2.75) is 0 Å². The van der Waals surface area contributed by atoms with E-state index in [0.29, 0.717) is 0 Å². The van der Waals surface area contributed by atoms with E-state index in [0.717, 1.165) is 28.1 Å². The second kappa shape index (κ2) is 12.8. The molecule has 0 bridgehead atoms. The molecule has 0 aliphatic carbocycles. The fraction of sp³-hybridized carbons (Fsp3) is 0. The van der Waals surface area contributed by atoms with Gasteiger partial charge in [0.2, 0.25) is 0 Å². The van der Waals surface area contributed by atoms with Crippen LogP contribution in [0.25, 0.3) is 148 Å². The largest absolute Gasteiger partial charge is 0.308 e. The monoisotopic (exact) mass is 848 g/mol. The molecule has 11 aromatic carbocycles. The van der Waals surface area contributed by atoms with Gasteiger partial charge in [-0.15, -0.1) is 0 Å². The molecule has 0 atom stereocenters. The lowest BCUT2D eigenvalue weighted by atomic mass is 9.88. The zero-order chi connectivity index (χ0) is 43.5. The molecule has 67 heavy (non-hydrogen) atoms. The molecule has 5 heterocycles. The van der Waals surface area contributed by atoms with Crippen molar-refractivity contribution in [3.63, 3.8) is 0 Å². The van der Waals surface area contributed by atoms with E-state index in [1.165, 1.54) is 120 Å². The summed E-state index contributed by atoms with van der Waals surface area (Å²) in [5.74, 6) is 0.920. The normalized spacial score (nSPS) is 12.5. The van der Waals surface area contributed by atoms with Crippen LogP contribution in [0, 0.1) is 0 Å². The Labute approximate surface area is 383 Å². The summed E-state index contributed by atoms with van der Waals surface area (Å²) in [7, 11) is 0. The van der Waals surface area contributed by atoms with Crippen LogP contribution in [0.4, 0.5) is 0 Å². The smallest absolute Gasteiger partial charge is 0.145 e. The second-order valence-electron chi connectivity index (χ2n) is 18.2. The number of imidazole rings is 1. The number of hydrogen-bond donors (Lipinski definition) is 0. The first kappa shape index (κ1) is 35.4. The minimum absolute atomic E-state index is 0.920. The second-order valence-corrected chi connectivity index (χ2v) is 18.2. The molecule has 0 aliphatic rings. The molecule has 0 unspecified atom stereocenters. The Morgan fingerprint density at radius 3 is 1.28 bits per heavy atom. The number of rotatable bonds is 4. The maximum Gasteiger partial charge on any atom is 0.145 e. The summed E-state index contributed by atoms with van der Waals surface area (Å²) in [6, 6.07) is 80.7. The summed E-state index contributed by atoms with van der Waals surface area (Å²) in [6.45, 7) is 0. The van der Waals surface area contributed by atoms with E-state index in [4.69, 9.17) is 4.98 Å². The average molecular weight is 849 g/mol. The number of aromatic nitrogens is 4. The molecule has 4 nitrogen and oxygen atoms in total. The van der Waals surface area contributed by atoms with E-state index >= 15 is 0 Å². The van der Waals surface area contributed by atoms with Crippen LogP contribution in [0.15, 0.2) is 218 Å². The molecule has 0 N–H and O–H groups in total. The van der Waals surface area contributed by atoms with Gasteiger partial charge in [0, 0.05) is 59.4 Å². The Balaban J connectivity index is 1.08. The van der Waals surface area contributed by atoms with Gasteiger partial charge < -0.3 is 8.80 Å². The third-order valence-corrected chi connectivity index (χ3v) is 14.9. The fourth-order valence-electron chi connectivity index (χ4n) is 12.3. The third-order valence-electron chi connectivity index (χ3n) is 14.9. The maximum atomic E-state index is 5.41. The van der Waals surface area contributed by atoms with Crippen LogP contribution < -0.4 is 0 Å². The summed E-state index contributed by atoms with van der Waals surface area (Å²) >= 11 is 0. The molecule has 16 aromatic rings. The van der Waals surface area contributed by atoms with Crippen molar-refractivity contribution in [2.24, 2.45) is 0 Å². The molecular weight excluding hydrogens is 813 g/mol. The molecule has 0 saturated carbocycles. The molecule has 0 saturated heterocycles. The minimum Gasteiger partial charge on any atom is -0.308 e. The fourth-order valence-corrected chi connectivity index (χ4v) is 12.3. The maximum absolute atomic E-state index is 5.41. The molecule has 0 spiro atoms. The first-order valence-electron chi connectivity index (χ1n) is 23.1. The quantitative estimate of drug-likeness (QED) is 0.162. The van der Waals surface area contributed by atoms with E-state index in [-0.39, 0.29) is 0 Å². The van der Waals surface area contributed by atoms with Crippen LogP contribution in [0.1, 0.15) is 0 Å². The topological polar surface area (TPSA) is 26.6 Å². The van der Waals surface area contributed by atoms with Gasteiger partial charge in [0.05, 0.1) is 49.8 Å². The number of benzene rings is 11. The van der Waals surface area contributed by atoms with Gasteiger partial charge in [0.15, 0.2) is 0 Å². The number of para-hydroxylation sites is 6.